The number of anilines is 3. The van der Waals surface area contributed by atoms with Crippen molar-refractivity contribution in [3.63, 3.8) is 0 Å². The van der Waals surface area contributed by atoms with Gasteiger partial charge in [0.05, 0.1) is 24.0 Å². The Bertz CT molecular complexity index is 2870. The monoisotopic (exact) mass is 784 g/mol. The largest absolute Gasteiger partial charge is 0.369 e. The molecule has 0 spiro atoms. The van der Waals surface area contributed by atoms with Gasteiger partial charge < -0.3 is 10.2 Å². The van der Waals surface area contributed by atoms with Crippen LogP contribution in [0.15, 0.2) is 112 Å². The lowest BCUT2D eigenvalue weighted by Crippen LogP contribution is -2.46. The van der Waals surface area contributed by atoms with E-state index in [9.17, 15) is 18.8 Å². The maximum atomic E-state index is 15.1. The second-order valence-corrected chi connectivity index (χ2v) is 15.4. The van der Waals surface area contributed by atoms with E-state index in [2.05, 4.69) is 52.4 Å². The molecule has 1 aliphatic rings. The highest BCUT2D eigenvalue weighted by Crippen LogP contribution is 2.25. The number of benzene rings is 3. The van der Waals surface area contributed by atoms with E-state index < -0.39 is 17.1 Å². The quantitative estimate of drug-likeness (QED) is 0.164. The van der Waals surface area contributed by atoms with E-state index in [4.69, 9.17) is 9.97 Å². The molecule has 1 aliphatic heterocycles. The highest BCUT2D eigenvalue weighted by molar-refractivity contribution is 5.79. The molecule has 2 N–H and O–H groups in total. The number of aromatic nitrogens is 7. The molecule has 0 unspecified atom stereocenters. The Labute approximate surface area is 331 Å². The Morgan fingerprint density at radius 3 is 2.38 bits per heavy atom. The fourth-order valence-corrected chi connectivity index (χ4v) is 7.34. The number of nitrogens with one attached hydrogen (secondary N) is 2. The Morgan fingerprint density at radius 1 is 0.879 bits per heavy atom. The van der Waals surface area contributed by atoms with Gasteiger partial charge >= 0.3 is 5.69 Å². The Morgan fingerprint density at radius 2 is 1.64 bits per heavy atom. The number of allylic oxidation sites excluding steroid dienone is 1. The van der Waals surface area contributed by atoms with Gasteiger partial charge in [-0.1, -0.05) is 45.0 Å². The SMILES string of the molecule is C=CCn1c(=O)c2cnc(Nc3ccc(N4CCN(Cc5cc(Cn6c(=O)[nH]c(=O)c7c(F)cccc76)ccc5F)CC4)cc3)nc2n1-c1cccc(C(C)(C)C)n1. The summed E-state index contributed by atoms with van der Waals surface area (Å²) in [6.07, 6.45) is 3.19. The minimum Gasteiger partial charge on any atom is -0.369 e. The van der Waals surface area contributed by atoms with Gasteiger partial charge in [-0.2, -0.15) is 4.98 Å². The first-order chi connectivity index (χ1) is 27.9. The van der Waals surface area contributed by atoms with Gasteiger partial charge in [0, 0.05) is 67.0 Å². The van der Waals surface area contributed by atoms with Crippen LogP contribution in [0.4, 0.5) is 26.1 Å². The van der Waals surface area contributed by atoms with Crippen LogP contribution in [0, 0.1) is 11.6 Å². The van der Waals surface area contributed by atoms with Crippen molar-refractivity contribution in [1.29, 1.82) is 0 Å². The third-order valence-electron chi connectivity index (χ3n) is 10.4. The molecule has 4 aromatic heterocycles. The van der Waals surface area contributed by atoms with Crippen molar-refractivity contribution >= 4 is 39.3 Å². The summed E-state index contributed by atoms with van der Waals surface area (Å²) in [5.41, 5.74) is 2.54. The summed E-state index contributed by atoms with van der Waals surface area (Å²) in [4.78, 5) is 59.2. The molecule has 0 aliphatic carbocycles. The number of hydrogen-bond donors (Lipinski definition) is 2. The summed E-state index contributed by atoms with van der Waals surface area (Å²) in [5.74, 6) is -0.174. The molecule has 15 heteroatoms. The van der Waals surface area contributed by atoms with Crippen LogP contribution in [0.1, 0.15) is 37.6 Å². The van der Waals surface area contributed by atoms with Gasteiger partial charge in [-0.3, -0.25) is 24.0 Å². The third-order valence-corrected chi connectivity index (χ3v) is 10.4. The van der Waals surface area contributed by atoms with Crippen molar-refractivity contribution < 1.29 is 8.78 Å². The summed E-state index contributed by atoms with van der Waals surface area (Å²) in [7, 11) is 0. The number of pyridine rings is 1. The Kier molecular flexibility index (Phi) is 10.1. The summed E-state index contributed by atoms with van der Waals surface area (Å²) in [5, 5.41) is 3.45. The maximum Gasteiger partial charge on any atom is 0.329 e. The zero-order valence-electron chi connectivity index (χ0n) is 32.4. The summed E-state index contributed by atoms with van der Waals surface area (Å²) in [6, 6.07) is 22.5. The van der Waals surface area contributed by atoms with Gasteiger partial charge in [-0.15, -0.1) is 6.58 Å². The second-order valence-electron chi connectivity index (χ2n) is 15.4. The predicted molar refractivity (Wildman–Crippen MR) is 221 cm³/mol. The molecule has 0 amide bonds. The van der Waals surface area contributed by atoms with E-state index in [0.717, 1.165) is 30.2 Å². The van der Waals surface area contributed by atoms with Crippen LogP contribution >= 0.6 is 0 Å². The molecule has 3 aromatic carbocycles. The van der Waals surface area contributed by atoms with Gasteiger partial charge in [0.1, 0.15) is 17.0 Å². The fraction of sp³-hybridized carbons (Fsp3) is 0.256. The van der Waals surface area contributed by atoms with E-state index in [1.165, 1.54) is 35.0 Å². The first-order valence-corrected chi connectivity index (χ1v) is 19.0. The number of rotatable bonds is 10. The zero-order chi connectivity index (χ0) is 40.7. The van der Waals surface area contributed by atoms with Crippen LogP contribution in [0.25, 0.3) is 27.8 Å². The molecule has 7 aromatic rings. The molecule has 58 heavy (non-hydrogen) atoms. The topological polar surface area (TPSA) is 139 Å². The normalized spacial score (nSPS) is 13.7. The van der Waals surface area contributed by atoms with Crippen LogP contribution in [-0.4, -0.2) is 64.9 Å². The molecule has 296 valence electrons. The molecule has 1 saturated heterocycles. The third kappa shape index (κ3) is 7.43. The molecule has 8 rings (SSSR count). The van der Waals surface area contributed by atoms with Crippen LogP contribution in [0.5, 0.6) is 0 Å². The molecule has 5 heterocycles. The van der Waals surface area contributed by atoms with Gasteiger partial charge in [0.2, 0.25) is 5.95 Å². The smallest absolute Gasteiger partial charge is 0.329 e. The van der Waals surface area contributed by atoms with Crippen molar-refractivity contribution in [3.8, 4) is 5.82 Å². The number of fused-ring (bicyclic) bond motifs is 2. The van der Waals surface area contributed by atoms with Crippen LogP contribution in [0.2, 0.25) is 0 Å². The lowest BCUT2D eigenvalue weighted by molar-refractivity contribution is 0.246. The molecular formula is C43H42F2N10O3. The van der Waals surface area contributed by atoms with E-state index >= 15 is 4.39 Å². The molecule has 13 nitrogen and oxygen atoms in total. The van der Waals surface area contributed by atoms with Crippen molar-refractivity contribution in [1.82, 2.24) is 38.8 Å². The number of aromatic amines is 1. The Balaban J connectivity index is 0.938. The minimum absolute atomic E-state index is 0.0378. The van der Waals surface area contributed by atoms with E-state index in [1.54, 1.807) is 27.6 Å². The summed E-state index contributed by atoms with van der Waals surface area (Å²) < 4.78 is 34.1. The molecule has 0 bridgehead atoms. The van der Waals surface area contributed by atoms with E-state index in [1.807, 2.05) is 42.5 Å². The molecule has 0 saturated carbocycles. The predicted octanol–water partition coefficient (Wildman–Crippen LogP) is 5.86. The molecule has 0 radical (unpaired) electrons. The first kappa shape index (κ1) is 38.1. The average Bonchev–Trinajstić information content (AvgIpc) is 3.47. The number of H-pyrrole nitrogens is 1. The summed E-state index contributed by atoms with van der Waals surface area (Å²) in [6.45, 7) is 13.6. The highest BCUT2D eigenvalue weighted by atomic mass is 19.1. The number of nitrogens with zero attached hydrogens (tertiary/aromatic N) is 8. The van der Waals surface area contributed by atoms with Crippen LogP contribution < -0.4 is 27.0 Å². The number of piperazine rings is 1. The highest BCUT2D eigenvalue weighted by Gasteiger charge is 2.22. The standard InChI is InChI=1S/C43H42F2N10O3/c1-5-18-54-40(57)31-24-46-41(49-38(31)55(54)36-11-7-10-35(48-36)43(2,3)4)47-29-13-15-30(16-14-29)52-21-19-51(20-22-52)26-28-23-27(12-17-32(28)44)25-53-34-9-6-8-33(45)37(34)39(56)50-42(53)58/h5-17,23-24H,1,18-22,25-26H2,2-4H3,(H,46,47,49)(H,50,56,58). The average molecular weight is 785 g/mol. The second kappa shape index (κ2) is 15.3. The molecular weight excluding hydrogens is 743 g/mol. The van der Waals surface area contributed by atoms with Gasteiger partial charge in [-0.05, 0) is 66.2 Å². The van der Waals surface area contributed by atoms with Crippen molar-refractivity contribution in [2.45, 2.75) is 45.8 Å². The fourth-order valence-electron chi connectivity index (χ4n) is 7.34. The summed E-state index contributed by atoms with van der Waals surface area (Å²) >= 11 is 0. The van der Waals surface area contributed by atoms with Gasteiger partial charge in [-0.25, -0.2) is 32.9 Å². The van der Waals surface area contributed by atoms with Crippen molar-refractivity contribution in [3.05, 3.63) is 157 Å². The van der Waals surface area contributed by atoms with Crippen LogP contribution in [-0.2, 0) is 25.0 Å². The van der Waals surface area contributed by atoms with Gasteiger partial charge in [0.25, 0.3) is 11.1 Å². The van der Waals surface area contributed by atoms with Crippen LogP contribution in [0.3, 0.4) is 0 Å². The molecule has 0 atom stereocenters. The van der Waals surface area contributed by atoms with E-state index in [-0.39, 0.29) is 40.8 Å². The number of hydrogen-bond acceptors (Lipinski definition) is 9. The molecule has 1 fully saturated rings. The maximum absolute atomic E-state index is 15.1. The minimum atomic E-state index is -0.787. The number of halogens is 2. The van der Waals surface area contributed by atoms with Crippen molar-refractivity contribution in [2.24, 2.45) is 0 Å². The van der Waals surface area contributed by atoms with E-state index in [0.29, 0.717) is 53.6 Å². The zero-order valence-corrected chi connectivity index (χ0v) is 32.4. The lowest BCUT2D eigenvalue weighted by Gasteiger charge is -2.36. The first-order valence-electron chi connectivity index (χ1n) is 19.0. The Hall–Kier alpha value is -6.74. The van der Waals surface area contributed by atoms with Gasteiger partial charge in [0.15, 0.2) is 11.5 Å². The van der Waals surface area contributed by atoms with Crippen molar-refractivity contribution in [2.75, 3.05) is 36.4 Å². The lowest BCUT2D eigenvalue weighted by atomic mass is 9.92.